The highest BCUT2D eigenvalue weighted by atomic mass is 16.6. The zero-order valence-corrected chi connectivity index (χ0v) is 21.9. The number of ether oxygens (including phenoxy) is 2. The molecule has 3 rings (SSSR count). The Hall–Kier alpha value is -4.48. The van der Waals surface area contributed by atoms with Crippen LogP contribution in [0, 0.1) is 0 Å². The second-order valence-electron chi connectivity index (χ2n) is 9.12. The highest BCUT2D eigenvalue weighted by molar-refractivity contribution is 5.96. The van der Waals surface area contributed by atoms with Crippen molar-refractivity contribution in [1.82, 2.24) is 15.5 Å². The number of benzene rings is 1. The van der Waals surface area contributed by atoms with Crippen molar-refractivity contribution < 1.29 is 43.1 Å². The van der Waals surface area contributed by atoms with Gasteiger partial charge in [-0.05, 0) is 37.8 Å². The van der Waals surface area contributed by atoms with Gasteiger partial charge in [-0.2, -0.15) is 4.57 Å². The molecule has 2 unspecified atom stereocenters. The van der Waals surface area contributed by atoms with E-state index in [1.165, 1.54) is 30.9 Å². The van der Waals surface area contributed by atoms with Gasteiger partial charge in [0.15, 0.2) is 12.4 Å². The van der Waals surface area contributed by atoms with Crippen LogP contribution in [0.2, 0.25) is 0 Å². The van der Waals surface area contributed by atoms with E-state index >= 15 is 0 Å². The van der Waals surface area contributed by atoms with E-state index in [0.29, 0.717) is 13.0 Å². The summed E-state index contributed by atoms with van der Waals surface area (Å²) >= 11 is 0. The van der Waals surface area contributed by atoms with Crippen LogP contribution in [0.25, 0.3) is 0 Å². The highest BCUT2D eigenvalue weighted by Gasteiger charge is 2.39. The number of carboxylic acid groups (broad SMARTS) is 1. The first-order chi connectivity index (χ1) is 18.7. The molecule has 3 N–H and O–H groups in total. The van der Waals surface area contributed by atoms with Gasteiger partial charge in [-0.15, -0.1) is 0 Å². The molecule has 12 heteroatoms. The van der Waals surface area contributed by atoms with Gasteiger partial charge in [0.1, 0.15) is 17.5 Å². The van der Waals surface area contributed by atoms with E-state index in [-0.39, 0.29) is 12.3 Å². The molecule has 1 aromatic heterocycles. The summed E-state index contributed by atoms with van der Waals surface area (Å²) in [7, 11) is 1.33. The Morgan fingerprint density at radius 1 is 1.10 bits per heavy atom. The Morgan fingerprint density at radius 2 is 1.85 bits per heavy atom. The second kappa shape index (κ2) is 13.9. The average Bonchev–Trinajstić information content (AvgIpc) is 2.95. The maximum Gasteiger partial charge on any atom is 0.414 e. The maximum absolute atomic E-state index is 13.1. The number of methoxy groups -OCH3 is 1. The minimum atomic E-state index is -1.19. The van der Waals surface area contributed by atoms with Gasteiger partial charge in [0, 0.05) is 12.6 Å². The number of nitrogens with one attached hydrogen (secondary N) is 2. The van der Waals surface area contributed by atoms with Crippen molar-refractivity contribution in [3.05, 3.63) is 66.0 Å². The third kappa shape index (κ3) is 8.00. The Labute approximate surface area is 225 Å². The lowest BCUT2D eigenvalue weighted by molar-refractivity contribution is -0.727. The molecule has 0 aliphatic carbocycles. The normalized spacial score (nSPS) is 16.4. The fourth-order valence-electron chi connectivity index (χ4n) is 4.40. The summed E-state index contributed by atoms with van der Waals surface area (Å²) in [6.45, 7) is 1.15. The van der Waals surface area contributed by atoms with Gasteiger partial charge < -0.3 is 30.1 Å². The van der Waals surface area contributed by atoms with Gasteiger partial charge in [-0.3, -0.25) is 19.2 Å². The van der Waals surface area contributed by atoms with E-state index in [1.807, 2.05) is 30.3 Å². The number of pyridine rings is 1. The van der Waals surface area contributed by atoms with Crippen molar-refractivity contribution in [2.75, 3.05) is 20.2 Å². The number of hydrogen-bond acceptors (Lipinski definition) is 7. The number of aliphatic carboxylic acids is 1. The van der Waals surface area contributed by atoms with E-state index in [9.17, 15) is 24.0 Å². The van der Waals surface area contributed by atoms with Crippen molar-refractivity contribution >= 4 is 29.8 Å². The third-order valence-corrected chi connectivity index (χ3v) is 6.40. The van der Waals surface area contributed by atoms with Crippen LogP contribution in [0.5, 0.6) is 0 Å². The van der Waals surface area contributed by atoms with Crippen molar-refractivity contribution in [2.24, 2.45) is 0 Å². The molecule has 1 aromatic carbocycles. The van der Waals surface area contributed by atoms with Crippen LogP contribution in [0.4, 0.5) is 4.79 Å². The predicted octanol–water partition coefficient (Wildman–Crippen LogP) is 1.20. The number of likely N-dealkylation sites (tertiary alicyclic amines) is 1. The molecule has 0 saturated carbocycles. The quantitative estimate of drug-likeness (QED) is 0.299. The Morgan fingerprint density at radius 3 is 2.54 bits per heavy atom. The molecule has 208 valence electrons. The molecular weight excluding hydrogens is 508 g/mol. The first kappa shape index (κ1) is 29.1. The van der Waals surface area contributed by atoms with E-state index in [1.54, 1.807) is 17.2 Å². The minimum Gasteiger partial charge on any atom is -0.480 e. The minimum absolute atomic E-state index is 0.186. The van der Waals surface area contributed by atoms with Crippen LogP contribution in [0.3, 0.4) is 0 Å². The molecule has 0 bridgehead atoms. The summed E-state index contributed by atoms with van der Waals surface area (Å²) in [6.07, 6.45) is 4.72. The van der Waals surface area contributed by atoms with E-state index in [2.05, 4.69) is 10.6 Å². The fourth-order valence-corrected chi connectivity index (χ4v) is 4.40. The van der Waals surface area contributed by atoms with Crippen molar-refractivity contribution in [1.29, 1.82) is 0 Å². The van der Waals surface area contributed by atoms with Crippen LogP contribution >= 0.6 is 0 Å². The molecule has 2 aromatic rings. The lowest BCUT2D eigenvalue weighted by Gasteiger charge is -2.38. The number of aromatic nitrogens is 1. The van der Waals surface area contributed by atoms with Crippen LogP contribution in [0.15, 0.2) is 54.9 Å². The fraction of sp³-hybridized carbons (Fsp3) is 0.407. The summed E-state index contributed by atoms with van der Waals surface area (Å²) in [5.41, 5.74) is 0.964. The van der Waals surface area contributed by atoms with Gasteiger partial charge >= 0.3 is 18.0 Å². The Balaban J connectivity index is 1.63. The van der Waals surface area contributed by atoms with Gasteiger partial charge in [-0.1, -0.05) is 30.3 Å². The number of carbonyl (C=O) groups is 5. The lowest BCUT2D eigenvalue weighted by Crippen LogP contribution is -2.50. The molecule has 0 radical (unpaired) electrons. The van der Waals surface area contributed by atoms with Gasteiger partial charge in [0.2, 0.25) is 5.91 Å². The predicted molar refractivity (Wildman–Crippen MR) is 136 cm³/mol. The number of rotatable bonds is 10. The molecule has 39 heavy (non-hydrogen) atoms. The number of hydrogen-bond donors (Lipinski definition) is 3. The molecule has 12 nitrogen and oxygen atoms in total. The van der Waals surface area contributed by atoms with Crippen molar-refractivity contribution in [3.8, 4) is 0 Å². The average molecular weight is 542 g/mol. The SMILES string of the molecule is COC(=O)C(c1ccccc1)C1CCCCN1C(=O)OC[n+]1cccc(C(=O)NCC(=O)N[C@@H](C)C(=O)O)c1. The summed E-state index contributed by atoms with van der Waals surface area (Å²) in [6, 6.07) is 10.8. The molecule has 0 spiro atoms. The van der Waals surface area contributed by atoms with E-state index in [0.717, 1.165) is 18.4 Å². The number of esters is 1. The summed E-state index contributed by atoms with van der Waals surface area (Å²) in [4.78, 5) is 62.6. The lowest BCUT2D eigenvalue weighted by atomic mass is 9.85. The van der Waals surface area contributed by atoms with Crippen molar-refractivity contribution in [3.63, 3.8) is 0 Å². The number of piperidine rings is 1. The molecule has 1 aliphatic heterocycles. The standard InChI is InChI=1S/C27H32N4O8/c1-18(25(34)35)29-22(32)15-28-24(33)20-11-8-13-30(16-20)17-39-27(37)31-14-7-6-12-21(31)23(26(36)38-2)19-9-4-3-5-10-19/h3-5,8-11,13,16,18,21,23H,6-7,12,14-15,17H2,1-2H3,(H2-,28,29,32,33,34,35)/p+1/t18-,21?,23?/m0/s1. The molecule has 1 aliphatic rings. The molecular formula is C27H33N4O8+. The zero-order valence-electron chi connectivity index (χ0n) is 21.9. The number of carboxylic acids is 1. The van der Waals surface area contributed by atoms with Crippen LogP contribution in [-0.4, -0.2) is 72.1 Å². The maximum atomic E-state index is 13.1. The smallest absolute Gasteiger partial charge is 0.414 e. The van der Waals surface area contributed by atoms with Gasteiger partial charge in [0.05, 0.1) is 19.7 Å². The van der Waals surface area contributed by atoms with E-state index < -0.39 is 54.4 Å². The van der Waals surface area contributed by atoms with Crippen LogP contribution in [-0.2, 0) is 30.6 Å². The highest BCUT2D eigenvalue weighted by Crippen LogP contribution is 2.32. The summed E-state index contributed by atoms with van der Waals surface area (Å²) in [5.74, 6) is -3.48. The number of amides is 3. The number of carbonyl (C=O) groups excluding carboxylic acids is 4. The second-order valence-corrected chi connectivity index (χ2v) is 9.12. The largest absolute Gasteiger partial charge is 0.480 e. The van der Waals surface area contributed by atoms with Gasteiger partial charge in [0.25, 0.3) is 12.6 Å². The van der Waals surface area contributed by atoms with E-state index in [4.69, 9.17) is 14.6 Å². The third-order valence-electron chi connectivity index (χ3n) is 6.40. The topological polar surface area (TPSA) is 155 Å². The summed E-state index contributed by atoms with van der Waals surface area (Å²) in [5, 5.41) is 13.5. The monoisotopic (exact) mass is 541 g/mol. The number of nitrogens with zero attached hydrogens (tertiary/aromatic N) is 2. The molecule has 1 saturated heterocycles. The Kier molecular flexibility index (Phi) is 10.4. The van der Waals surface area contributed by atoms with Gasteiger partial charge in [-0.25, -0.2) is 4.79 Å². The first-order valence-corrected chi connectivity index (χ1v) is 12.6. The van der Waals surface area contributed by atoms with Crippen molar-refractivity contribution in [2.45, 2.75) is 50.9 Å². The zero-order chi connectivity index (χ0) is 28.4. The van der Waals surface area contributed by atoms with Crippen LogP contribution < -0.4 is 15.2 Å². The van der Waals surface area contributed by atoms with Crippen LogP contribution in [0.1, 0.15) is 48.0 Å². The first-order valence-electron chi connectivity index (χ1n) is 12.6. The Bertz CT molecular complexity index is 1190. The molecule has 1 fully saturated rings. The molecule has 2 heterocycles. The molecule has 3 atom stereocenters. The summed E-state index contributed by atoms with van der Waals surface area (Å²) < 4.78 is 12.1. The molecule has 3 amide bonds.